The molecule has 0 aliphatic carbocycles. The van der Waals surface area contributed by atoms with E-state index in [2.05, 4.69) is 39.3 Å². The van der Waals surface area contributed by atoms with Crippen LogP contribution in [0.1, 0.15) is 284 Å². The van der Waals surface area contributed by atoms with Gasteiger partial charge in [0, 0.05) is 0 Å². The molecule has 1 radical (unpaired) electrons. The summed E-state index contributed by atoms with van der Waals surface area (Å²) in [6.45, 7) is 6.95. The topological polar surface area (TPSA) is 0 Å². The zero-order valence-electron chi connectivity index (χ0n) is 34.3. The average molecular weight is 672 g/mol. The molecular weight excluding hydrogens is 577 g/mol. The largest absolute Gasteiger partial charge is 0.0885 e. The Hall–Kier alpha value is -0.260. The van der Waals surface area contributed by atoms with Crippen LogP contribution in [-0.2, 0) is 0 Å². The Morgan fingerprint density at radius 3 is 0.771 bits per heavy atom. The SMILES string of the molecule is CCCCCCCC/C=C\CCCCCCCCCCCCC[CH]C(CCCCCCCC)CCCCCCCCCCCCCCC. The lowest BCUT2D eigenvalue weighted by molar-refractivity contribution is 0.429. The van der Waals surface area contributed by atoms with Crippen LogP contribution in [0.15, 0.2) is 12.2 Å². The van der Waals surface area contributed by atoms with Crippen molar-refractivity contribution in [3.05, 3.63) is 18.6 Å². The number of allylic oxidation sites excluding steroid dienone is 2. The molecule has 0 saturated heterocycles. The number of unbranched alkanes of at least 4 members (excludes halogenated alkanes) is 35. The third-order valence-corrected chi connectivity index (χ3v) is 11.1. The maximum absolute atomic E-state index is 2.78. The highest BCUT2D eigenvalue weighted by molar-refractivity contribution is 4.81. The summed E-state index contributed by atoms with van der Waals surface area (Å²) in [6, 6.07) is 0. The molecule has 0 nitrogen and oxygen atoms in total. The lowest BCUT2D eigenvalue weighted by Crippen LogP contribution is -2.02. The van der Waals surface area contributed by atoms with Gasteiger partial charge in [0.25, 0.3) is 0 Å². The van der Waals surface area contributed by atoms with E-state index in [1.54, 1.807) is 0 Å². The van der Waals surface area contributed by atoms with Crippen molar-refractivity contribution in [3.8, 4) is 0 Å². The van der Waals surface area contributed by atoms with Gasteiger partial charge in [-0.15, -0.1) is 0 Å². The monoisotopic (exact) mass is 672 g/mol. The zero-order chi connectivity index (χ0) is 34.7. The average Bonchev–Trinajstić information content (AvgIpc) is 3.10. The van der Waals surface area contributed by atoms with E-state index in [0.29, 0.717) is 0 Å². The predicted octanol–water partition coefficient (Wildman–Crippen LogP) is 18.4. The lowest BCUT2D eigenvalue weighted by atomic mass is 9.89. The second-order valence-corrected chi connectivity index (χ2v) is 16.1. The Morgan fingerprint density at radius 2 is 0.479 bits per heavy atom. The molecule has 0 bridgehead atoms. The zero-order valence-corrected chi connectivity index (χ0v) is 34.3. The van der Waals surface area contributed by atoms with Crippen molar-refractivity contribution in [2.75, 3.05) is 0 Å². The van der Waals surface area contributed by atoms with Crippen molar-refractivity contribution >= 4 is 0 Å². The van der Waals surface area contributed by atoms with E-state index in [9.17, 15) is 0 Å². The summed E-state index contributed by atoms with van der Waals surface area (Å²) in [6.07, 6.45) is 67.0. The summed E-state index contributed by atoms with van der Waals surface area (Å²) in [4.78, 5) is 0. The fraction of sp³-hybridized carbons (Fsp3) is 0.938. The first kappa shape index (κ1) is 47.7. The maximum atomic E-state index is 2.78. The molecule has 1 unspecified atom stereocenters. The van der Waals surface area contributed by atoms with Crippen LogP contribution in [0.25, 0.3) is 0 Å². The quantitative estimate of drug-likeness (QED) is 0.0447. The Morgan fingerprint density at radius 1 is 0.250 bits per heavy atom. The molecule has 0 aromatic heterocycles. The lowest BCUT2D eigenvalue weighted by Gasteiger charge is -2.17. The first-order chi connectivity index (χ1) is 23.8. The molecule has 0 saturated carbocycles. The highest BCUT2D eigenvalue weighted by Gasteiger charge is 2.09. The van der Waals surface area contributed by atoms with Gasteiger partial charge in [0.2, 0.25) is 0 Å². The van der Waals surface area contributed by atoms with Crippen LogP contribution in [0.4, 0.5) is 0 Å². The molecule has 287 valence electrons. The van der Waals surface area contributed by atoms with E-state index in [0.717, 1.165) is 5.92 Å². The van der Waals surface area contributed by atoms with Crippen LogP contribution in [0.3, 0.4) is 0 Å². The third kappa shape index (κ3) is 41.9. The van der Waals surface area contributed by atoms with Gasteiger partial charge in [0.1, 0.15) is 0 Å². The van der Waals surface area contributed by atoms with Crippen molar-refractivity contribution in [1.82, 2.24) is 0 Å². The molecule has 0 aliphatic rings. The summed E-state index contributed by atoms with van der Waals surface area (Å²) in [7, 11) is 0. The first-order valence-electron chi connectivity index (χ1n) is 23.3. The van der Waals surface area contributed by atoms with Gasteiger partial charge in [-0.05, 0) is 44.4 Å². The number of hydrogen-bond acceptors (Lipinski definition) is 0. The minimum Gasteiger partial charge on any atom is -0.0885 e. The maximum Gasteiger partial charge on any atom is -0.0351 e. The first-order valence-corrected chi connectivity index (χ1v) is 23.3. The molecule has 0 heteroatoms. The summed E-state index contributed by atoms with van der Waals surface area (Å²) < 4.78 is 0. The number of rotatable bonds is 43. The summed E-state index contributed by atoms with van der Waals surface area (Å²) in [5, 5.41) is 0. The van der Waals surface area contributed by atoms with E-state index in [1.165, 1.54) is 263 Å². The molecule has 0 N–H and O–H groups in total. The van der Waals surface area contributed by atoms with Crippen molar-refractivity contribution in [2.45, 2.75) is 284 Å². The molecule has 0 fully saturated rings. The van der Waals surface area contributed by atoms with Crippen molar-refractivity contribution in [2.24, 2.45) is 5.92 Å². The molecule has 0 aromatic rings. The molecule has 0 amide bonds. The minimum absolute atomic E-state index is 0.907. The van der Waals surface area contributed by atoms with Crippen LogP contribution < -0.4 is 0 Å². The molecule has 0 aliphatic heterocycles. The van der Waals surface area contributed by atoms with Crippen LogP contribution >= 0.6 is 0 Å². The normalized spacial score (nSPS) is 12.5. The van der Waals surface area contributed by atoms with E-state index in [1.807, 2.05) is 0 Å². The van der Waals surface area contributed by atoms with Crippen LogP contribution in [0.5, 0.6) is 0 Å². The van der Waals surface area contributed by atoms with Gasteiger partial charge >= 0.3 is 0 Å². The van der Waals surface area contributed by atoms with Crippen molar-refractivity contribution in [3.63, 3.8) is 0 Å². The summed E-state index contributed by atoms with van der Waals surface area (Å²) >= 11 is 0. The van der Waals surface area contributed by atoms with Gasteiger partial charge in [-0.2, -0.15) is 0 Å². The van der Waals surface area contributed by atoms with E-state index in [4.69, 9.17) is 0 Å². The Bertz CT molecular complexity index is 560. The van der Waals surface area contributed by atoms with Gasteiger partial charge in [-0.1, -0.05) is 264 Å². The fourth-order valence-electron chi connectivity index (χ4n) is 7.62. The highest BCUT2D eigenvalue weighted by atomic mass is 14.1. The van der Waals surface area contributed by atoms with Gasteiger partial charge in [0.15, 0.2) is 0 Å². The second-order valence-electron chi connectivity index (χ2n) is 16.1. The third-order valence-electron chi connectivity index (χ3n) is 11.1. The number of hydrogen-bond donors (Lipinski definition) is 0. The van der Waals surface area contributed by atoms with Gasteiger partial charge < -0.3 is 0 Å². The second kappa shape index (κ2) is 44.8. The Balaban J connectivity index is 3.68. The van der Waals surface area contributed by atoms with Gasteiger partial charge in [-0.3, -0.25) is 0 Å². The Labute approximate surface area is 307 Å². The van der Waals surface area contributed by atoms with E-state index < -0.39 is 0 Å². The molecule has 0 heterocycles. The molecule has 0 rings (SSSR count). The van der Waals surface area contributed by atoms with Gasteiger partial charge in [-0.25, -0.2) is 0 Å². The standard InChI is InChI=1S/C48H95/c1-4-7-10-13-16-18-20-22-23-24-25-26-27-28-29-30-32-34-36-38-41-44-47-48(45-42-39-15-12-9-6-3)46-43-40-37-35-33-31-21-19-17-14-11-8-5-2/h22-23,47-48H,4-21,24-46H2,1-3H3/b23-22-. The minimum atomic E-state index is 0.907. The van der Waals surface area contributed by atoms with E-state index in [-0.39, 0.29) is 0 Å². The van der Waals surface area contributed by atoms with Crippen LogP contribution in [0, 0.1) is 12.3 Å². The van der Waals surface area contributed by atoms with Gasteiger partial charge in [0.05, 0.1) is 0 Å². The summed E-state index contributed by atoms with van der Waals surface area (Å²) in [5.41, 5.74) is 0. The predicted molar refractivity (Wildman–Crippen MR) is 223 cm³/mol. The Kier molecular flexibility index (Phi) is 44.5. The molecule has 1 atom stereocenters. The van der Waals surface area contributed by atoms with Crippen molar-refractivity contribution < 1.29 is 0 Å². The molecule has 48 heavy (non-hydrogen) atoms. The molecular formula is C48H95. The summed E-state index contributed by atoms with van der Waals surface area (Å²) in [5.74, 6) is 0.907. The van der Waals surface area contributed by atoms with E-state index >= 15 is 0 Å². The van der Waals surface area contributed by atoms with Crippen LogP contribution in [-0.4, -0.2) is 0 Å². The smallest absolute Gasteiger partial charge is 0.0351 e. The molecule has 0 spiro atoms. The van der Waals surface area contributed by atoms with Crippen molar-refractivity contribution in [1.29, 1.82) is 0 Å². The molecule has 0 aromatic carbocycles. The fourth-order valence-corrected chi connectivity index (χ4v) is 7.62. The van der Waals surface area contributed by atoms with Crippen LogP contribution in [0.2, 0.25) is 0 Å². The highest BCUT2D eigenvalue weighted by Crippen LogP contribution is 2.24.